The van der Waals surface area contributed by atoms with E-state index in [-0.39, 0.29) is 23.6 Å². The Hall–Kier alpha value is -5.67. The third-order valence-electron chi connectivity index (χ3n) is 14.7. The first-order valence-electron chi connectivity index (χ1n) is 22.3. The number of methoxy groups -OCH3 is 2. The molecular formula is C47H57N9O6. The highest BCUT2D eigenvalue weighted by atomic mass is 16.5. The van der Waals surface area contributed by atoms with Crippen molar-refractivity contribution in [3.8, 4) is 22.6 Å². The first kappa shape index (κ1) is 40.4. The lowest BCUT2D eigenvalue weighted by atomic mass is 9.71. The van der Waals surface area contributed by atoms with E-state index in [4.69, 9.17) is 9.47 Å². The molecule has 8 heterocycles. The number of imidazole rings is 1. The second-order valence-electron chi connectivity index (χ2n) is 18.5. The largest absolute Gasteiger partial charge is 0.496 e. The molecular weight excluding hydrogens is 787 g/mol. The van der Waals surface area contributed by atoms with Crippen molar-refractivity contribution in [2.45, 2.75) is 57.5 Å². The van der Waals surface area contributed by atoms with Crippen LogP contribution in [0.5, 0.6) is 11.5 Å². The molecule has 0 aliphatic carbocycles. The monoisotopic (exact) mass is 843 g/mol. The molecule has 5 fully saturated rings. The van der Waals surface area contributed by atoms with Crippen LogP contribution in [0.1, 0.15) is 56.6 Å². The molecule has 5 aromatic rings. The van der Waals surface area contributed by atoms with E-state index in [0.29, 0.717) is 23.1 Å². The molecule has 1 spiro atoms. The first-order chi connectivity index (χ1) is 30.0. The number of pyridine rings is 2. The highest BCUT2D eigenvalue weighted by Crippen LogP contribution is 2.44. The van der Waals surface area contributed by atoms with Crippen LogP contribution in [-0.4, -0.2) is 113 Å². The number of ether oxygens (including phenoxy) is 2. The average Bonchev–Trinajstić information content (AvgIpc) is 3.49. The SMILES string of the molecule is COc1cc(-c2cn(C)c(=O)c3cnc(N4CCC4)cc23)c(OC)cc1CN1CCC(CN2CCC3(CC2)CN(c2ccc4c(c2)n(C)c(=O)n4C2CCC(=O)NC2=O)C3)CC1. The number of anilines is 2. The van der Waals surface area contributed by atoms with Crippen molar-refractivity contribution in [2.24, 2.45) is 25.4 Å². The van der Waals surface area contributed by atoms with Gasteiger partial charge in [0.25, 0.3) is 5.56 Å². The van der Waals surface area contributed by atoms with Gasteiger partial charge in [0.2, 0.25) is 11.8 Å². The predicted molar refractivity (Wildman–Crippen MR) is 239 cm³/mol. The number of fused-ring (bicyclic) bond motifs is 2. The molecule has 1 unspecified atom stereocenters. The van der Waals surface area contributed by atoms with Crippen LogP contribution in [0.15, 0.2) is 58.4 Å². The fourth-order valence-corrected chi connectivity index (χ4v) is 10.8. The van der Waals surface area contributed by atoms with Crippen molar-refractivity contribution in [3.63, 3.8) is 0 Å². The summed E-state index contributed by atoms with van der Waals surface area (Å²) in [5.41, 5.74) is 5.54. The summed E-state index contributed by atoms with van der Waals surface area (Å²) in [6, 6.07) is 11.6. The zero-order valence-corrected chi connectivity index (χ0v) is 36.3. The summed E-state index contributed by atoms with van der Waals surface area (Å²) in [4.78, 5) is 65.3. The molecule has 326 valence electrons. The van der Waals surface area contributed by atoms with E-state index < -0.39 is 11.9 Å². The van der Waals surface area contributed by atoms with E-state index in [1.54, 1.807) is 48.2 Å². The molecule has 3 aromatic heterocycles. The van der Waals surface area contributed by atoms with Gasteiger partial charge >= 0.3 is 5.69 Å². The molecule has 62 heavy (non-hydrogen) atoms. The number of rotatable bonds is 10. The second kappa shape index (κ2) is 15.9. The lowest BCUT2D eigenvalue weighted by molar-refractivity contribution is -0.135. The van der Waals surface area contributed by atoms with Gasteiger partial charge in [0.1, 0.15) is 23.4 Å². The van der Waals surface area contributed by atoms with Crippen LogP contribution >= 0.6 is 0 Å². The highest BCUT2D eigenvalue weighted by Gasteiger charge is 2.45. The van der Waals surface area contributed by atoms with Crippen molar-refractivity contribution in [2.75, 3.05) is 82.9 Å². The molecule has 5 aliphatic heterocycles. The minimum absolute atomic E-state index is 0.0720. The number of imide groups is 1. The van der Waals surface area contributed by atoms with Crippen LogP contribution in [0.2, 0.25) is 0 Å². The summed E-state index contributed by atoms with van der Waals surface area (Å²) in [5.74, 6) is 2.44. The Bertz CT molecular complexity index is 2690. The maximum absolute atomic E-state index is 13.3. The third kappa shape index (κ3) is 7.12. The topological polar surface area (TPSA) is 139 Å². The van der Waals surface area contributed by atoms with Crippen molar-refractivity contribution in [1.29, 1.82) is 0 Å². The Morgan fingerprint density at radius 3 is 2.24 bits per heavy atom. The Balaban J connectivity index is 0.742. The van der Waals surface area contributed by atoms with Gasteiger partial charge in [-0.05, 0) is 107 Å². The van der Waals surface area contributed by atoms with E-state index in [1.807, 2.05) is 18.3 Å². The number of amides is 2. The number of hydrogen-bond donors (Lipinski definition) is 1. The highest BCUT2D eigenvalue weighted by molar-refractivity contribution is 6.00. The number of aryl methyl sites for hydroxylation is 2. The van der Waals surface area contributed by atoms with Crippen LogP contribution in [-0.2, 0) is 30.2 Å². The zero-order chi connectivity index (χ0) is 42.9. The molecule has 1 atom stereocenters. The molecule has 0 saturated carbocycles. The van der Waals surface area contributed by atoms with E-state index in [1.165, 1.54) is 25.7 Å². The van der Waals surface area contributed by atoms with E-state index in [0.717, 1.165) is 128 Å². The van der Waals surface area contributed by atoms with Gasteiger partial charge in [-0.15, -0.1) is 0 Å². The normalized spacial score (nSPS) is 21.1. The third-order valence-corrected chi connectivity index (χ3v) is 14.7. The van der Waals surface area contributed by atoms with E-state index in [9.17, 15) is 19.2 Å². The van der Waals surface area contributed by atoms with Crippen LogP contribution in [0, 0.1) is 11.3 Å². The molecule has 0 bridgehead atoms. The number of carbonyl (C=O) groups is 2. The number of nitrogens with one attached hydrogen (secondary N) is 1. The summed E-state index contributed by atoms with van der Waals surface area (Å²) in [6.07, 6.45) is 10.0. The van der Waals surface area contributed by atoms with Gasteiger partial charge in [0, 0.05) is 105 Å². The first-order valence-corrected chi connectivity index (χ1v) is 22.3. The number of aromatic nitrogens is 4. The van der Waals surface area contributed by atoms with Gasteiger partial charge in [-0.2, -0.15) is 0 Å². The van der Waals surface area contributed by atoms with Gasteiger partial charge in [0.15, 0.2) is 0 Å². The van der Waals surface area contributed by atoms with Crippen LogP contribution in [0.25, 0.3) is 32.9 Å². The Morgan fingerprint density at radius 2 is 1.55 bits per heavy atom. The molecule has 5 aliphatic rings. The van der Waals surface area contributed by atoms with E-state index >= 15 is 0 Å². The molecule has 1 N–H and O–H groups in total. The maximum Gasteiger partial charge on any atom is 0.329 e. The Labute approximate surface area is 360 Å². The molecule has 15 nitrogen and oxygen atoms in total. The number of piperidine rings is 3. The number of benzene rings is 2. The van der Waals surface area contributed by atoms with Crippen molar-refractivity contribution >= 4 is 45.1 Å². The number of hydrogen-bond acceptors (Lipinski definition) is 11. The van der Waals surface area contributed by atoms with Gasteiger partial charge in [0.05, 0.1) is 30.6 Å². The fraction of sp³-hybridized carbons (Fsp3) is 0.511. The molecule has 15 heteroatoms. The van der Waals surface area contributed by atoms with Crippen molar-refractivity contribution in [3.05, 3.63) is 75.2 Å². The Morgan fingerprint density at radius 1 is 0.790 bits per heavy atom. The maximum atomic E-state index is 13.3. The quantitative estimate of drug-likeness (QED) is 0.202. The summed E-state index contributed by atoms with van der Waals surface area (Å²) in [6.45, 7) is 10.2. The van der Waals surface area contributed by atoms with E-state index in [2.05, 4.69) is 54.2 Å². The molecule has 0 radical (unpaired) electrons. The predicted octanol–water partition coefficient (Wildman–Crippen LogP) is 4.27. The molecule has 2 amide bonds. The summed E-state index contributed by atoms with van der Waals surface area (Å²) >= 11 is 0. The number of nitrogens with zero attached hydrogens (tertiary/aromatic N) is 8. The number of likely N-dealkylation sites (tertiary alicyclic amines) is 2. The standard InChI is InChI=1S/C47H57N9O6/c1-50-27-36(33-23-42(54-14-5-15-54)48-24-35(33)45(50)59)34-22-40(61-3)31(20-41(34)62-4)26-52-16-10-30(11-17-52)25-53-18-12-47(13-19-53)28-55(29-47)32-6-7-37-39(21-32)51(2)46(60)56(37)38-8-9-43(57)49-44(38)58/h6-7,20-24,27,30,38H,5,8-19,25-26,28-29H2,1-4H3,(H,49,57,58). The van der Waals surface area contributed by atoms with Gasteiger partial charge < -0.3 is 28.7 Å². The second-order valence-corrected chi connectivity index (χ2v) is 18.5. The minimum Gasteiger partial charge on any atom is -0.496 e. The average molecular weight is 844 g/mol. The van der Waals surface area contributed by atoms with Gasteiger partial charge in [-0.3, -0.25) is 33.7 Å². The Kier molecular flexibility index (Phi) is 10.4. The molecule has 10 rings (SSSR count). The smallest absolute Gasteiger partial charge is 0.329 e. The summed E-state index contributed by atoms with van der Waals surface area (Å²) in [7, 11) is 6.97. The van der Waals surface area contributed by atoms with Crippen molar-refractivity contribution < 1.29 is 19.1 Å². The minimum atomic E-state index is -0.678. The molecule has 2 aromatic carbocycles. The van der Waals surface area contributed by atoms with Crippen LogP contribution < -0.4 is 35.8 Å². The van der Waals surface area contributed by atoms with Gasteiger partial charge in [-0.1, -0.05) is 0 Å². The number of carbonyl (C=O) groups excluding carboxylic acids is 2. The fourth-order valence-electron chi connectivity index (χ4n) is 10.8. The zero-order valence-electron chi connectivity index (χ0n) is 36.3. The summed E-state index contributed by atoms with van der Waals surface area (Å²) < 4.78 is 16.9. The van der Waals surface area contributed by atoms with Gasteiger partial charge in [-0.25, -0.2) is 9.78 Å². The molecule has 5 saturated heterocycles. The van der Waals surface area contributed by atoms with Crippen molar-refractivity contribution in [1.82, 2.24) is 33.8 Å². The lowest BCUT2D eigenvalue weighted by Crippen LogP contribution is -2.60. The summed E-state index contributed by atoms with van der Waals surface area (Å²) in [5, 5.41) is 3.84. The van der Waals surface area contributed by atoms with Crippen LogP contribution in [0.4, 0.5) is 11.5 Å². The van der Waals surface area contributed by atoms with Crippen LogP contribution in [0.3, 0.4) is 0 Å². The lowest BCUT2D eigenvalue weighted by Gasteiger charge is -2.55.